The van der Waals surface area contributed by atoms with Gasteiger partial charge in [0.05, 0.1) is 6.10 Å². The maximum absolute atomic E-state index is 11.3. The second kappa shape index (κ2) is 5.97. The van der Waals surface area contributed by atoms with Crippen LogP contribution < -0.4 is 5.73 Å². The zero-order valence-corrected chi connectivity index (χ0v) is 9.04. The van der Waals surface area contributed by atoms with Crippen LogP contribution in [0.2, 0.25) is 0 Å². The minimum Gasteiger partial charge on any atom is -0.462 e. The van der Waals surface area contributed by atoms with Gasteiger partial charge in [-0.15, -0.1) is 0 Å². The second-order valence-corrected chi connectivity index (χ2v) is 3.81. The van der Waals surface area contributed by atoms with Gasteiger partial charge in [-0.3, -0.25) is 4.79 Å². The first-order chi connectivity index (χ1) is 5.99. The summed E-state index contributed by atoms with van der Waals surface area (Å²) < 4.78 is 5.15. The van der Waals surface area contributed by atoms with E-state index in [-0.39, 0.29) is 18.0 Å². The SMILES string of the molecule is CCCC(C)OC(=O)[C@@H](N)C(C)C. The van der Waals surface area contributed by atoms with Crippen molar-refractivity contribution in [3.63, 3.8) is 0 Å². The molecular weight excluding hydrogens is 166 g/mol. The van der Waals surface area contributed by atoms with Gasteiger partial charge < -0.3 is 10.5 Å². The van der Waals surface area contributed by atoms with Crippen LogP contribution in [0.3, 0.4) is 0 Å². The van der Waals surface area contributed by atoms with Crippen LogP contribution in [0, 0.1) is 5.92 Å². The van der Waals surface area contributed by atoms with E-state index in [4.69, 9.17) is 10.5 Å². The van der Waals surface area contributed by atoms with E-state index >= 15 is 0 Å². The molecule has 1 unspecified atom stereocenters. The number of esters is 1. The zero-order chi connectivity index (χ0) is 10.4. The number of nitrogens with two attached hydrogens (primary N) is 1. The van der Waals surface area contributed by atoms with Gasteiger partial charge in [0, 0.05) is 0 Å². The fourth-order valence-electron chi connectivity index (χ4n) is 1.01. The van der Waals surface area contributed by atoms with E-state index in [0.717, 1.165) is 12.8 Å². The highest BCUT2D eigenvalue weighted by Crippen LogP contribution is 2.06. The molecule has 0 saturated carbocycles. The Morgan fingerprint density at radius 1 is 1.38 bits per heavy atom. The Bertz CT molecular complexity index is 157. The number of rotatable bonds is 5. The van der Waals surface area contributed by atoms with Gasteiger partial charge in [-0.05, 0) is 19.3 Å². The smallest absolute Gasteiger partial charge is 0.323 e. The lowest BCUT2D eigenvalue weighted by Gasteiger charge is -2.18. The zero-order valence-electron chi connectivity index (χ0n) is 9.04. The number of hydrogen-bond donors (Lipinski definition) is 1. The van der Waals surface area contributed by atoms with Crippen molar-refractivity contribution in [3.05, 3.63) is 0 Å². The molecular formula is C10H21NO2. The van der Waals surface area contributed by atoms with Crippen LogP contribution in [0.5, 0.6) is 0 Å². The van der Waals surface area contributed by atoms with Crippen molar-refractivity contribution in [2.24, 2.45) is 11.7 Å². The molecule has 0 saturated heterocycles. The van der Waals surface area contributed by atoms with Crippen molar-refractivity contribution >= 4 is 5.97 Å². The lowest BCUT2D eigenvalue weighted by molar-refractivity contribution is -0.151. The molecule has 3 nitrogen and oxygen atoms in total. The van der Waals surface area contributed by atoms with Gasteiger partial charge in [-0.2, -0.15) is 0 Å². The molecule has 0 amide bonds. The summed E-state index contributed by atoms with van der Waals surface area (Å²) in [6, 6.07) is -0.487. The minimum absolute atomic E-state index is 0.0118. The largest absolute Gasteiger partial charge is 0.462 e. The molecule has 0 radical (unpaired) electrons. The summed E-state index contributed by atoms with van der Waals surface area (Å²) >= 11 is 0. The lowest BCUT2D eigenvalue weighted by Crippen LogP contribution is -2.38. The molecule has 13 heavy (non-hydrogen) atoms. The van der Waals surface area contributed by atoms with Gasteiger partial charge in [0.25, 0.3) is 0 Å². The third kappa shape index (κ3) is 4.88. The molecule has 0 spiro atoms. The van der Waals surface area contributed by atoms with Gasteiger partial charge in [-0.1, -0.05) is 27.2 Å². The molecule has 0 rings (SSSR count). The van der Waals surface area contributed by atoms with Crippen LogP contribution >= 0.6 is 0 Å². The highest BCUT2D eigenvalue weighted by atomic mass is 16.5. The second-order valence-electron chi connectivity index (χ2n) is 3.81. The van der Waals surface area contributed by atoms with E-state index < -0.39 is 6.04 Å². The van der Waals surface area contributed by atoms with Crippen molar-refractivity contribution < 1.29 is 9.53 Å². The normalized spacial score (nSPS) is 15.5. The van der Waals surface area contributed by atoms with Gasteiger partial charge in [0.2, 0.25) is 0 Å². The minimum atomic E-state index is -0.487. The van der Waals surface area contributed by atoms with E-state index in [1.807, 2.05) is 20.8 Å². The van der Waals surface area contributed by atoms with Crippen molar-refractivity contribution in [3.8, 4) is 0 Å². The van der Waals surface area contributed by atoms with Gasteiger partial charge in [0.1, 0.15) is 6.04 Å². The van der Waals surface area contributed by atoms with Crippen molar-refractivity contribution in [2.75, 3.05) is 0 Å². The van der Waals surface area contributed by atoms with Crippen molar-refractivity contribution in [1.82, 2.24) is 0 Å². The third-order valence-electron chi connectivity index (χ3n) is 2.00. The standard InChI is InChI=1S/C10H21NO2/c1-5-6-8(4)13-10(12)9(11)7(2)3/h7-9H,5-6,11H2,1-4H3/t8?,9-/m0/s1. The Morgan fingerprint density at radius 3 is 2.31 bits per heavy atom. The average Bonchev–Trinajstić information content (AvgIpc) is 2.03. The molecule has 2 N–H and O–H groups in total. The van der Waals surface area contributed by atoms with E-state index in [1.54, 1.807) is 0 Å². The van der Waals surface area contributed by atoms with E-state index in [0.29, 0.717) is 0 Å². The first-order valence-electron chi connectivity index (χ1n) is 4.95. The summed E-state index contributed by atoms with van der Waals surface area (Å²) in [5.74, 6) is -0.141. The number of hydrogen-bond acceptors (Lipinski definition) is 3. The molecule has 0 aromatic heterocycles. The Hall–Kier alpha value is -0.570. The Morgan fingerprint density at radius 2 is 1.92 bits per heavy atom. The van der Waals surface area contributed by atoms with E-state index in [9.17, 15) is 4.79 Å². The quantitative estimate of drug-likeness (QED) is 0.666. The monoisotopic (exact) mass is 187 g/mol. The Labute approximate surface area is 80.6 Å². The molecule has 0 heterocycles. The summed E-state index contributed by atoms with van der Waals surface area (Å²) in [7, 11) is 0. The van der Waals surface area contributed by atoms with Crippen LogP contribution in [0.15, 0.2) is 0 Å². The number of ether oxygens (including phenoxy) is 1. The van der Waals surface area contributed by atoms with Crippen LogP contribution in [-0.2, 0) is 9.53 Å². The lowest BCUT2D eigenvalue weighted by atomic mass is 10.1. The molecule has 0 aliphatic carbocycles. The maximum atomic E-state index is 11.3. The van der Waals surface area contributed by atoms with Crippen LogP contribution in [-0.4, -0.2) is 18.1 Å². The average molecular weight is 187 g/mol. The summed E-state index contributed by atoms with van der Waals surface area (Å²) in [5.41, 5.74) is 5.63. The maximum Gasteiger partial charge on any atom is 0.323 e. The van der Waals surface area contributed by atoms with Crippen molar-refractivity contribution in [2.45, 2.75) is 52.7 Å². The Balaban J connectivity index is 3.85. The molecule has 78 valence electrons. The summed E-state index contributed by atoms with van der Waals surface area (Å²) in [5, 5.41) is 0. The molecule has 0 bridgehead atoms. The summed E-state index contributed by atoms with van der Waals surface area (Å²) in [4.78, 5) is 11.3. The van der Waals surface area contributed by atoms with Crippen molar-refractivity contribution in [1.29, 1.82) is 0 Å². The molecule has 0 aromatic carbocycles. The topological polar surface area (TPSA) is 52.3 Å². The van der Waals surface area contributed by atoms with Gasteiger partial charge >= 0.3 is 5.97 Å². The van der Waals surface area contributed by atoms with Crippen LogP contribution in [0.1, 0.15) is 40.5 Å². The van der Waals surface area contributed by atoms with Crippen LogP contribution in [0.25, 0.3) is 0 Å². The molecule has 0 aromatic rings. The summed E-state index contributed by atoms with van der Waals surface area (Å²) in [6.07, 6.45) is 1.91. The van der Waals surface area contributed by atoms with Crippen LogP contribution in [0.4, 0.5) is 0 Å². The highest BCUT2D eigenvalue weighted by Gasteiger charge is 2.20. The highest BCUT2D eigenvalue weighted by molar-refractivity contribution is 5.75. The number of carbonyl (C=O) groups excluding carboxylic acids is 1. The first kappa shape index (κ1) is 12.4. The molecule has 0 fully saturated rings. The molecule has 3 heteroatoms. The van der Waals surface area contributed by atoms with Gasteiger partial charge in [0.15, 0.2) is 0 Å². The van der Waals surface area contributed by atoms with E-state index in [1.165, 1.54) is 0 Å². The first-order valence-corrected chi connectivity index (χ1v) is 4.95. The Kier molecular flexibility index (Phi) is 5.71. The fourth-order valence-corrected chi connectivity index (χ4v) is 1.01. The molecule has 0 aliphatic heterocycles. The predicted octanol–water partition coefficient (Wildman–Crippen LogP) is 1.70. The predicted molar refractivity (Wildman–Crippen MR) is 53.3 cm³/mol. The fraction of sp³-hybridized carbons (Fsp3) is 0.900. The molecule has 2 atom stereocenters. The summed E-state index contributed by atoms with van der Waals surface area (Å²) in [6.45, 7) is 7.79. The van der Waals surface area contributed by atoms with E-state index in [2.05, 4.69) is 6.92 Å². The number of carbonyl (C=O) groups is 1. The van der Waals surface area contributed by atoms with Gasteiger partial charge in [-0.25, -0.2) is 0 Å². The third-order valence-corrected chi connectivity index (χ3v) is 2.00. The molecule has 0 aliphatic rings.